The van der Waals surface area contributed by atoms with Crippen LogP contribution in [0.15, 0.2) is 6.20 Å². The van der Waals surface area contributed by atoms with Crippen molar-refractivity contribution >= 4 is 17.5 Å². The van der Waals surface area contributed by atoms with E-state index in [0.717, 1.165) is 56.8 Å². The molecule has 5 nitrogen and oxygen atoms in total. The Morgan fingerprint density at radius 1 is 1.35 bits per heavy atom. The lowest BCUT2D eigenvalue weighted by atomic mass is 10.2. The molecule has 0 bridgehead atoms. The second kappa shape index (κ2) is 7.09. The SMILES string of the molecule is CCc1nn(C)cc1C(=O)N1CCCN(CCCl)CC1. The van der Waals surface area contributed by atoms with Crippen LogP contribution in [0.1, 0.15) is 29.4 Å². The summed E-state index contributed by atoms with van der Waals surface area (Å²) in [4.78, 5) is 16.9. The van der Waals surface area contributed by atoms with Crippen molar-refractivity contribution < 1.29 is 4.79 Å². The van der Waals surface area contributed by atoms with Gasteiger partial charge in [0, 0.05) is 45.3 Å². The van der Waals surface area contributed by atoms with Gasteiger partial charge in [0.1, 0.15) is 0 Å². The molecule has 0 aliphatic carbocycles. The third-order valence-corrected chi connectivity index (χ3v) is 3.92. The molecule has 0 spiro atoms. The molecule has 2 heterocycles. The molecule has 1 fully saturated rings. The van der Waals surface area contributed by atoms with Gasteiger partial charge in [-0.2, -0.15) is 5.10 Å². The number of aromatic nitrogens is 2. The summed E-state index contributed by atoms with van der Waals surface area (Å²) in [6.07, 6.45) is 3.63. The van der Waals surface area contributed by atoms with E-state index in [1.54, 1.807) is 4.68 Å². The highest BCUT2D eigenvalue weighted by Crippen LogP contribution is 2.13. The molecule has 1 amide bonds. The summed E-state index contributed by atoms with van der Waals surface area (Å²) in [6, 6.07) is 0. The summed E-state index contributed by atoms with van der Waals surface area (Å²) in [7, 11) is 1.86. The number of carbonyl (C=O) groups is 1. The highest BCUT2D eigenvalue weighted by Gasteiger charge is 2.23. The average Bonchev–Trinajstić information content (AvgIpc) is 2.66. The minimum absolute atomic E-state index is 0.114. The van der Waals surface area contributed by atoms with Crippen molar-refractivity contribution in [3.63, 3.8) is 0 Å². The van der Waals surface area contributed by atoms with Crippen LogP contribution in [-0.2, 0) is 13.5 Å². The quantitative estimate of drug-likeness (QED) is 0.789. The van der Waals surface area contributed by atoms with Gasteiger partial charge >= 0.3 is 0 Å². The predicted octanol–water partition coefficient (Wildman–Crippen LogP) is 1.37. The van der Waals surface area contributed by atoms with Gasteiger partial charge in [0.25, 0.3) is 5.91 Å². The first-order valence-electron chi connectivity index (χ1n) is 7.25. The first-order valence-corrected chi connectivity index (χ1v) is 7.79. The lowest BCUT2D eigenvalue weighted by Gasteiger charge is -2.21. The molecular formula is C14H23ClN4O. The number of hydrogen-bond acceptors (Lipinski definition) is 3. The summed E-state index contributed by atoms with van der Waals surface area (Å²) in [6.45, 7) is 6.44. The maximum atomic E-state index is 12.6. The molecule has 112 valence electrons. The zero-order valence-electron chi connectivity index (χ0n) is 12.3. The van der Waals surface area contributed by atoms with Crippen molar-refractivity contribution in [3.8, 4) is 0 Å². The molecular weight excluding hydrogens is 276 g/mol. The molecule has 1 aliphatic rings. The third kappa shape index (κ3) is 3.52. The molecule has 1 aliphatic heterocycles. The standard InChI is InChI=1S/C14H23ClN4O/c1-3-13-12(11-17(2)16-13)14(20)19-7-4-6-18(8-5-15)9-10-19/h11H,3-10H2,1-2H3. The van der Waals surface area contributed by atoms with Crippen LogP contribution in [0.3, 0.4) is 0 Å². The van der Waals surface area contributed by atoms with E-state index in [2.05, 4.69) is 10.00 Å². The molecule has 0 atom stereocenters. The van der Waals surface area contributed by atoms with Gasteiger partial charge < -0.3 is 9.80 Å². The first kappa shape index (κ1) is 15.3. The van der Waals surface area contributed by atoms with Gasteiger partial charge in [0.15, 0.2) is 0 Å². The minimum Gasteiger partial charge on any atom is -0.337 e. The Morgan fingerprint density at radius 3 is 2.85 bits per heavy atom. The molecule has 1 aromatic heterocycles. The Kier molecular flexibility index (Phi) is 5.43. The number of carbonyl (C=O) groups excluding carboxylic acids is 1. The topological polar surface area (TPSA) is 41.4 Å². The third-order valence-electron chi connectivity index (χ3n) is 3.75. The fourth-order valence-corrected chi connectivity index (χ4v) is 2.90. The number of alkyl halides is 1. The van der Waals surface area contributed by atoms with E-state index in [4.69, 9.17) is 11.6 Å². The fourth-order valence-electron chi connectivity index (χ4n) is 2.66. The van der Waals surface area contributed by atoms with Gasteiger partial charge in [0.05, 0.1) is 11.3 Å². The van der Waals surface area contributed by atoms with Crippen LogP contribution in [0.5, 0.6) is 0 Å². The molecule has 20 heavy (non-hydrogen) atoms. The van der Waals surface area contributed by atoms with Crippen LogP contribution >= 0.6 is 11.6 Å². The average molecular weight is 299 g/mol. The molecule has 0 N–H and O–H groups in total. The van der Waals surface area contributed by atoms with Crippen molar-refractivity contribution in [2.24, 2.45) is 7.05 Å². The molecule has 2 rings (SSSR count). The minimum atomic E-state index is 0.114. The van der Waals surface area contributed by atoms with Crippen molar-refractivity contribution in [3.05, 3.63) is 17.5 Å². The number of halogens is 1. The fraction of sp³-hybridized carbons (Fsp3) is 0.714. The van der Waals surface area contributed by atoms with E-state index < -0.39 is 0 Å². The van der Waals surface area contributed by atoms with Gasteiger partial charge in [0.2, 0.25) is 0 Å². The van der Waals surface area contributed by atoms with E-state index >= 15 is 0 Å². The Labute approximate surface area is 125 Å². The molecule has 6 heteroatoms. The summed E-state index contributed by atoms with van der Waals surface area (Å²) in [5.41, 5.74) is 1.64. The van der Waals surface area contributed by atoms with Gasteiger partial charge in [-0.05, 0) is 19.4 Å². The zero-order chi connectivity index (χ0) is 14.5. The maximum absolute atomic E-state index is 12.6. The van der Waals surface area contributed by atoms with Crippen molar-refractivity contribution in [1.82, 2.24) is 19.6 Å². The van der Waals surface area contributed by atoms with Crippen molar-refractivity contribution in [2.45, 2.75) is 19.8 Å². The summed E-state index contributed by atoms with van der Waals surface area (Å²) in [5.74, 6) is 0.763. The van der Waals surface area contributed by atoms with E-state index in [9.17, 15) is 4.79 Å². The molecule has 0 aromatic carbocycles. The highest BCUT2D eigenvalue weighted by atomic mass is 35.5. The van der Waals surface area contributed by atoms with E-state index in [0.29, 0.717) is 5.88 Å². The largest absolute Gasteiger partial charge is 0.337 e. The lowest BCUT2D eigenvalue weighted by molar-refractivity contribution is 0.0760. The highest BCUT2D eigenvalue weighted by molar-refractivity contribution is 6.18. The van der Waals surface area contributed by atoms with E-state index in [1.807, 2.05) is 25.1 Å². The number of hydrogen-bond donors (Lipinski definition) is 0. The predicted molar refractivity (Wildman–Crippen MR) is 80.3 cm³/mol. The summed E-state index contributed by atoms with van der Waals surface area (Å²) in [5, 5.41) is 4.35. The number of aryl methyl sites for hydroxylation is 2. The van der Waals surface area contributed by atoms with Gasteiger partial charge in [-0.3, -0.25) is 9.48 Å². The molecule has 1 saturated heterocycles. The molecule has 0 radical (unpaired) electrons. The monoisotopic (exact) mass is 298 g/mol. The van der Waals surface area contributed by atoms with Crippen LogP contribution in [-0.4, -0.2) is 64.1 Å². The van der Waals surface area contributed by atoms with E-state index in [-0.39, 0.29) is 5.91 Å². The van der Waals surface area contributed by atoms with Crippen molar-refractivity contribution in [1.29, 1.82) is 0 Å². The second-order valence-electron chi connectivity index (χ2n) is 5.19. The Balaban J connectivity index is 2.05. The molecule has 0 saturated carbocycles. The Bertz CT molecular complexity index is 460. The van der Waals surface area contributed by atoms with Gasteiger partial charge in [-0.1, -0.05) is 6.92 Å². The normalized spacial score (nSPS) is 17.2. The zero-order valence-corrected chi connectivity index (χ0v) is 13.1. The lowest BCUT2D eigenvalue weighted by Crippen LogP contribution is -2.35. The van der Waals surface area contributed by atoms with E-state index in [1.165, 1.54) is 0 Å². The smallest absolute Gasteiger partial charge is 0.257 e. The number of rotatable bonds is 4. The van der Waals surface area contributed by atoms with Gasteiger partial charge in [-0.25, -0.2) is 0 Å². The Hall–Kier alpha value is -1.07. The second-order valence-corrected chi connectivity index (χ2v) is 5.57. The van der Waals surface area contributed by atoms with Crippen LogP contribution < -0.4 is 0 Å². The van der Waals surface area contributed by atoms with Crippen LogP contribution in [0.4, 0.5) is 0 Å². The summed E-state index contributed by atoms with van der Waals surface area (Å²) < 4.78 is 1.73. The van der Waals surface area contributed by atoms with Crippen molar-refractivity contribution in [2.75, 3.05) is 38.6 Å². The van der Waals surface area contributed by atoms with Gasteiger partial charge in [-0.15, -0.1) is 11.6 Å². The number of amides is 1. The summed E-state index contributed by atoms with van der Waals surface area (Å²) >= 11 is 5.79. The molecule has 1 aromatic rings. The molecule has 0 unspecified atom stereocenters. The number of nitrogens with zero attached hydrogens (tertiary/aromatic N) is 4. The first-order chi connectivity index (χ1) is 9.65. The Morgan fingerprint density at radius 2 is 2.15 bits per heavy atom. The van der Waals surface area contributed by atoms with Crippen LogP contribution in [0, 0.1) is 0 Å². The van der Waals surface area contributed by atoms with Crippen LogP contribution in [0.2, 0.25) is 0 Å². The maximum Gasteiger partial charge on any atom is 0.257 e. The van der Waals surface area contributed by atoms with Crippen LogP contribution in [0.25, 0.3) is 0 Å².